The molecule has 0 spiro atoms. The van der Waals surface area contributed by atoms with Gasteiger partial charge >= 0.3 is 0 Å². The molecule has 2 heterocycles. The second kappa shape index (κ2) is 10.0. The minimum Gasteiger partial charge on any atom is -0.339 e. The molecule has 0 bridgehead atoms. The Labute approximate surface area is 168 Å². The first-order valence-electron chi connectivity index (χ1n) is 10.8. The van der Waals surface area contributed by atoms with Gasteiger partial charge in [-0.25, -0.2) is 0 Å². The first-order valence-corrected chi connectivity index (χ1v) is 10.8. The Morgan fingerprint density at radius 2 is 1.75 bits per heavy atom. The Morgan fingerprint density at radius 3 is 2.43 bits per heavy atom. The molecule has 2 fully saturated rings. The Hall–Kier alpha value is -1.92. The zero-order chi connectivity index (χ0) is 19.9. The van der Waals surface area contributed by atoms with Gasteiger partial charge in [0.05, 0.1) is 0 Å². The van der Waals surface area contributed by atoms with Gasteiger partial charge in [-0.05, 0) is 37.5 Å². The van der Waals surface area contributed by atoms with Gasteiger partial charge in [0.15, 0.2) is 0 Å². The van der Waals surface area contributed by atoms with Gasteiger partial charge in [0.2, 0.25) is 0 Å². The maximum Gasteiger partial charge on any atom is 0.253 e. The van der Waals surface area contributed by atoms with Crippen LogP contribution in [-0.2, 0) is 0 Å². The van der Waals surface area contributed by atoms with Crippen LogP contribution in [0.1, 0.15) is 53.8 Å². The van der Waals surface area contributed by atoms with Gasteiger partial charge in [-0.1, -0.05) is 19.9 Å². The van der Waals surface area contributed by atoms with E-state index in [1.807, 2.05) is 28.0 Å². The number of carbonyl (C=O) groups excluding carboxylic acids is 2. The average Bonchev–Trinajstić information content (AvgIpc) is 3.23. The van der Waals surface area contributed by atoms with E-state index in [-0.39, 0.29) is 11.8 Å². The molecule has 1 N–H and O–H groups in total. The fourth-order valence-corrected chi connectivity index (χ4v) is 4.28. The van der Waals surface area contributed by atoms with Gasteiger partial charge in [-0.2, -0.15) is 0 Å². The maximum atomic E-state index is 13.0. The van der Waals surface area contributed by atoms with E-state index in [9.17, 15) is 9.59 Å². The molecule has 154 valence electrons. The van der Waals surface area contributed by atoms with Gasteiger partial charge in [-0.3, -0.25) is 14.5 Å². The third-order valence-corrected chi connectivity index (χ3v) is 5.75. The van der Waals surface area contributed by atoms with Crippen molar-refractivity contribution in [1.82, 2.24) is 20.0 Å². The molecule has 1 aromatic carbocycles. The van der Waals surface area contributed by atoms with Crippen molar-refractivity contribution in [3.8, 4) is 0 Å². The molecular formula is C22H34N4O2. The summed E-state index contributed by atoms with van der Waals surface area (Å²) in [5.74, 6) is 0.0725. The van der Waals surface area contributed by atoms with Crippen molar-refractivity contribution >= 4 is 11.8 Å². The highest BCUT2D eigenvalue weighted by molar-refractivity contribution is 5.99. The van der Waals surface area contributed by atoms with Crippen LogP contribution in [0.2, 0.25) is 0 Å². The lowest BCUT2D eigenvalue weighted by molar-refractivity contribution is 0.0755. The second-order valence-electron chi connectivity index (χ2n) is 7.85. The summed E-state index contributed by atoms with van der Waals surface area (Å²) in [7, 11) is 0. The summed E-state index contributed by atoms with van der Waals surface area (Å²) in [4.78, 5) is 32.2. The van der Waals surface area contributed by atoms with Crippen LogP contribution >= 0.6 is 0 Å². The molecule has 28 heavy (non-hydrogen) atoms. The molecule has 0 aliphatic carbocycles. The number of piperazine rings is 1. The normalized spacial score (nSPS) is 20.4. The van der Waals surface area contributed by atoms with Crippen LogP contribution < -0.4 is 5.32 Å². The quantitative estimate of drug-likeness (QED) is 0.779. The summed E-state index contributed by atoms with van der Waals surface area (Å²) >= 11 is 0. The van der Waals surface area contributed by atoms with E-state index in [4.69, 9.17) is 0 Å². The number of rotatable bonds is 7. The lowest BCUT2D eigenvalue weighted by Gasteiger charge is -2.32. The fraction of sp³-hybridized carbons (Fsp3) is 0.636. The monoisotopic (exact) mass is 386 g/mol. The van der Waals surface area contributed by atoms with E-state index < -0.39 is 0 Å². The fourth-order valence-electron chi connectivity index (χ4n) is 4.28. The summed E-state index contributed by atoms with van der Waals surface area (Å²) in [6.07, 6.45) is 2.90. The van der Waals surface area contributed by atoms with Crippen molar-refractivity contribution in [2.24, 2.45) is 0 Å². The third-order valence-electron chi connectivity index (χ3n) is 5.75. The molecular weight excluding hydrogens is 352 g/mol. The summed E-state index contributed by atoms with van der Waals surface area (Å²) in [6, 6.07) is 7.73. The van der Waals surface area contributed by atoms with E-state index in [2.05, 4.69) is 24.1 Å². The zero-order valence-corrected chi connectivity index (χ0v) is 17.3. The highest BCUT2D eigenvalue weighted by atomic mass is 16.2. The summed E-state index contributed by atoms with van der Waals surface area (Å²) in [5.41, 5.74) is 1.24. The summed E-state index contributed by atoms with van der Waals surface area (Å²) in [5, 5.41) is 3.38. The molecule has 2 aliphatic heterocycles. The Morgan fingerprint density at radius 1 is 1.07 bits per heavy atom. The zero-order valence-electron chi connectivity index (χ0n) is 17.3. The molecule has 2 aliphatic rings. The van der Waals surface area contributed by atoms with Crippen LogP contribution in [0.3, 0.4) is 0 Å². The number of amides is 2. The van der Waals surface area contributed by atoms with Crippen molar-refractivity contribution in [3.63, 3.8) is 0 Å². The Balaban J connectivity index is 1.66. The molecule has 1 unspecified atom stereocenters. The molecule has 0 aromatic heterocycles. The molecule has 6 heteroatoms. The molecule has 1 atom stereocenters. The van der Waals surface area contributed by atoms with Gasteiger partial charge in [0, 0.05) is 69.5 Å². The van der Waals surface area contributed by atoms with Gasteiger partial charge in [0.25, 0.3) is 11.8 Å². The molecule has 1 aromatic rings. The Kier molecular flexibility index (Phi) is 7.45. The number of hydrogen-bond donors (Lipinski definition) is 1. The minimum absolute atomic E-state index is 0.0264. The summed E-state index contributed by atoms with van der Waals surface area (Å²) in [6.45, 7) is 11.4. The van der Waals surface area contributed by atoms with E-state index in [0.717, 1.165) is 71.6 Å². The van der Waals surface area contributed by atoms with E-state index in [1.165, 1.54) is 0 Å². The molecule has 0 radical (unpaired) electrons. The van der Waals surface area contributed by atoms with Crippen LogP contribution in [0.15, 0.2) is 24.3 Å². The lowest BCUT2D eigenvalue weighted by atomic mass is 10.1. The minimum atomic E-state index is 0.0264. The SMILES string of the molecule is CCCN(CCC)C(=O)c1cccc(C(=O)N2CCC(N3CCNCC3)C2)c1. The number of hydrogen-bond acceptors (Lipinski definition) is 4. The number of nitrogens with one attached hydrogen (secondary N) is 1. The van der Waals surface area contributed by atoms with Crippen molar-refractivity contribution in [2.75, 3.05) is 52.4 Å². The maximum absolute atomic E-state index is 13.0. The number of nitrogens with zero attached hydrogens (tertiary/aromatic N) is 3. The Bertz CT molecular complexity index is 666. The molecule has 0 saturated carbocycles. The van der Waals surface area contributed by atoms with Crippen LogP contribution in [0, 0.1) is 0 Å². The van der Waals surface area contributed by atoms with Crippen LogP contribution in [0.25, 0.3) is 0 Å². The van der Waals surface area contributed by atoms with E-state index >= 15 is 0 Å². The number of likely N-dealkylation sites (tertiary alicyclic amines) is 1. The molecule has 2 amide bonds. The smallest absolute Gasteiger partial charge is 0.253 e. The second-order valence-corrected chi connectivity index (χ2v) is 7.85. The van der Waals surface area contributed by atoms with Crippen molar-refractivity contribution in [1.29, 1.82) is 0 Å². The third kappa shape index (κ3) is 4.92. The number of benzene rings is 1. The average molecular weight is 387 g/mol. The lowest BCUT2D eigenvalue weighted by Crippen LogP contribution is -2.49. The molecule has 6 nitrogen and oxygen atoms in total. The molecule has 2 saturated heterocycles. The predicted octanol–water partition coefficient (Wildman–Crippen LogP) is 2.07. The van der Waals surface area contributed by atoms with Crippen LogP contribution in [0.5, 0.6) is 0 Å². The first kappa shape index (κ1) is 20.8. The van der Waals surface area contributed by atoms with E-state index in [0.29, 0.717) is 17.2 Å². The predicted molar refractivity (Wildman–Crippen MR) is 112 cm³/mol. The largest absolute Gasteiger partial charge is 0.339 e. The number of carbonyl (C=O) groups is 2. The highest BCUT2D eigenvalue weighted by Gasteiger charge is 2.31. The van der Waals surface area contributed by atoms with Crippen molar-refractivity contribution in [2.45, 2.75) is 39.2 Å². The van der Waals surface area contributed by atoms with Gasteiger partial charge in [0.1, 0.15) is 0 Å². The van der Waals surface area contributed by atoms with Crippen molar-refractivity contribution < 1.29 is 9.59 Å². The van der Waals surface area contributed by atoms with Crippen LogP contribution in [-0.4, -0.2) is 84.9 Å². The van der Waals surface area contributed by atoms with Gasteiger partial charge < -0.3 is 15.1 Å². The highest BCUT2D eigenvalue weighted by Crippen LogP contribution is 2.19. The van der Waals surface area contributed by atoms with E-state index in [1.54, 1.807) is 6.07 Å². The van der Waals surface area contributed by atoms with Crippen molar-refractivity contribution in [3.05, 3.63) is 35.4 Å². The standard InChI is InChI=1S/C22H34N4O2/c1-3-11-25(12-4-2)21(27)18-6-5-7-19(16-18)22(28)26-13-8-20(17-26)24-14-9-23-10-15-24/h5-7,16,20,23H,3-4,8-15,17H2,1-2H3. The molecule has 3 rings (SSSR count). The first-order chi connectivity index (χ1) is 13.6. The van der Waals surface area contributed by atoms with Gasteiger partial charge in [-0.15, -0.1) is 0 Å². The van der Waals surface area contributed by atoms with Crippen LogP contribution in [0.4, 0.5) is 0 Å². The summed E-state index contributed by atoms with van der Waals surface area (Å²) < 4.78 is 0. The topological polar surface area (TPSA) is 55.9 Å².